The summed E-state index contributed by atoms with van der Waals surface area (Å²) in [5.41, 5.74) is 3.51. The molecule has 1 saturated carbocycles. The average Bonchev–Trinajstić information content (AvgIpc) is 3.28. The molecule has 2 heterocycles. The summed E-state index contributed by atoms with van der Waals surface area (Å²) in [6.07, 6.45) is 6.17. The van der Waals surface area contributed by atoms with E-state index < -0.39 is 5.41 Å². The molecule has 2 aliphatic rings. The maximum Gasteiger partial charge on any atom is 0.234 e. The quantitative estimate of drug-likeness (QED) is 0.918. The van der Waals surface area contributed by atoms with Gasteiger partial charge in [0.15, 0.2) is 0 Å². The molecule has 0 bridgehead atoms. The minimum atomic E-state index is -0.458. The molecule has 106 valence electrons. The van der Waals surface area contributed by atoms with E-state index in [1.807, 2.05) is 44.4 Å². The molecule has 1 aromatic carbocycles. The molecule has 1 aliphatic carbocycles. The molecular weight excluding hydrogens is 262 g/mol. The van der Waals surface area contributed by atoms with Gasteiger partial charge in [-0.25, -0.2) is 9.97 Å². The molecule has 2 aromatic rings. The van der Waals surface area contributed by atoms with Gasteiger partial charge in [-0.3, -0.25) is 4.79 Å². The molecule has 0 saturated heterocycles. The van der Waals surface area contributed by atoms with Gasteiger partial charge in [0.25, 0.3) is 0 Å². The zero-order valence-electron chi connectivity index (χ0n) is 12.2. The third-order valence-corrected chi connectivity index (χ3v) is 4.46. The van der Waals surface area contributed by atoms with Crippen molar-refractivity contribution in [1.82, 2.24) is 9.97 Å². The van der Waals surface area contributed by atoms with E-state index in [1.165, 1.54) is 12.8 Å². The Labute approximate surface area is 123 Å². The van der Waals surface area contributed by atoms with Crippen LogP contribution >= 0.6 is 0 Å². The van der Waals surface area contributed by atoms with Crippen LogP contribution in [-0.4, -0.2) is 15.9 Å². The number of nitrogens with zero attached hydrogens (tertiary/aromatic N) is 2. The van der Waals surface area contributed by atoms with Crippen molar-refractivity contribution in [2.75, 3.05) is 5.32 Å². The standard InChI is InChI=1S/C17H17N3O/c1-17(2)13-6-5-11(7-14(13)20-16(17)21)12-8-18-15(19-9-12)10-3-4-10/h5-10H,3-4H2,1-2H3,(H,20,21). The lowest BCUT2D eigenvalue weighted by Gasteiger charge is -2.15. The molecule has 4 nitrogen and oxygen atoms in total. The van der Waals surface area contributed by atoms with Crippen LogP contribution in [0.1, 0.15) is 44.0 Å². The summed E-state index contributed by atoms with van der Waals surface area (Å²) in [5.74, 6) is 1.57. The summed E-state index contributed by atoms with van der Waals surface area (Å²) in [5, 5.41) is 2.96. The number of amides is 1. The second kappa shape index (κ2) is 4.13. The zero-order valence-corrected chi connectivity index (χ0v) is 12.2. The van der Waals surface area contributed by atoms with Gasteiger partial charge in [0.2, 0.25) is 5.91 Å². The number of aromatic nitrogens is 2. The van der Waals surface area contributed by atoms with E-state index in [-0.39, 0.29) is 5.91 Å². The predicted octanol–water partition coefficient (Wildman–Crippen LogP) is 3.25. The van der Waals surface area contributed by atoms with Crippen molar-refractivity contribution in [3.05, 3.63) is 42.0 Å². The van der Waals surface area contributed by atoms with Crippen molar-refractivity contribution >= 4 is 11.6 Å². The molecule has 1 N–H and O–H groups in total. The Morgan fingerprint density at radius 1 is 1.14 bits per heavy atom. The third-order valence-electron chi connectivity index (χ3n) is 4.46. The van der Waals surface area contributed by atoms with Gasteiger partial charge in [-0.1, -0.05) is 12.1 Å². The third kappa shape index (κ3) is 1.94. The summed E-state index contributed by atoms with van der Waals surface area (Å²) in [7, 11) is 0. The second-order valence-corrected chi connectivity index (χ2v) is 6.44. The molecule has 1 aliphatic heterocycles. The van der Waals surface area contributed by atoms with Crippen molar-refractivity contribution < 1.29 is 4.79 Å². The van der Waals surface area contributed by atoms with Crippen LogP contribution in [0.15, 0.2) is 30.6 Å². The fourth-order valence-corrected chi connectivity index (χ4v) is 2.81. The van der Waals surface area contributed by atoms with Crippen LogP contribution in [0.5, 0.6) is 0 Å². The maximum atomic E-state index is 12.0. The molecule has 0 unspecified atom stereocenters. The Morgan fingerprint density at radius 3 is 2.52 bits per heavy atom. The van der Waals surface area contributed by atoms with Gasteiger partial charge in [-0.05, 0) is 43.9 Å². The lowest BCUT2D eigenvalue weighted by atomic mass is 9.85. The molecule has 1 aromatic heterocycles. The Bertz CT molecular complexity index is 730. The van der Waals surface area contributed by atoms with Crippen LogP contribution in [-0.2, 0) is 10.2 Å². The molecule has 0 radical (unpaired) electrons. The molecule has 1 fully saturated rings. The van der Waals surface area contributed by atoms with E-state index in [9.17, 15) is 4.79 Å². The van der Waals surface area contributed by atoms with Gasteiger partial charge in [-0.2, -0.15) is 0 Å². The van der Waals surface area contributed by atoms with Gasteiger partial charge in [-0.15, -0.1) is 0 Å². The van der Waals surface area contributed by atoms with E-state index in [0.29, 0.717) is 5.92 Å². The van der Waals surface area contributed by atoms with Crippen molar-refractivity contribution in [3.8, 4) is 11.1 Å². The first kappa shape index (κ1) is 12.5. The number of fused-ring (bicyclic) bond motifs is 1. The van der Waals surface area contributed by atoms with E-state index in [1.54, 1.807) is 0 Å². The Balaban J connectivity index is 1.71. The van der Waals surface area contributed by atoms with Crippen LogP contribution in [0.4, 0.5) is 5.69 Å². The topological polar surface area (TPSA) is 54.9 Å². The summed E-state index contributed by atoms with van der Waals surface area (Å²) in [6.45, 7) is 3.89. The number of nitrogens with one attached hydrogen (secondary N) is 1. The van der Waals surface area contributed by atoms with Crippen molar-refractivity contribution in [2.24, 2.45) is 0 Å². The number of carbonyl (C=O) groups is 1. The number of carbonyl (C=O) groups excluding carboxylic acids is 1. The van der Waals surface area contributed by atoms with E-state index in [2.05, 4.69) is 15.3 Å². The van der Waals surface area contributed by atoms with Crippen LogP contribution in [0.3, 0.4) is 0 Å². The van der Waals surface area contributed by atoms with E-state index >= 15 is 0 Å². The fraction of sp³-hybridized carbons (Fsp3) is 0.353. The van der Waals surface area contributed by atoms with Gasteiger partial charge in [0.05, 0.1) is 5.41 Å². The summed E-state index contributed by atoms with van der Waals surface area (Å²) >= 11 is 0. The van der Waals surface area contributed by atoms with E-state index in [0.717, 1.165) is 28.2 Å². The molecule has 1 amide bonds. The number of anilines is 1. The van der Waals surface area contributed by atoms with Gasteiger partial charge in [0.1, 0.15) is 5.82 Å². The first-order chi connectivity index (χ1) is 10.1. The highest BCUT2D eigenvalue weighted by Crippen LogP contribution is 2.40. The SMILES string of the molecule is CC1(C)C(=O)Nc2cc(-c3cnc(C4CC4)nc3)ccc21. The summed E-state index contributed by atoms with van der Waals surface area (Å²) < 4.78 is 0. The van der Waals surface area contributed by atoms with Gasteiger partial charge in [0, 0.05) is 29.6 Å². The zero-order chi connectivity index (χ0) is 14.6. The highest BCUT2D eigenvalue weighted by molar-refractivity contribution is 6.06. The molecule has 4 heteroatoms. The Hall–Kier alpha value is -2.23. The normalized spacial score (nSPS) is 19.2. The molecule has 21 heavy (non-hydrogen) atoms. The summed E-state index contributed by atoms with van der Waals surface area (Å²) in [4.78, 5) is 20.9. The van der Waals surface area contributed by atoms with Crippen LogP contribution in [0.2, 0.25) is 0 Å². The fourth-order valence-electron chi connectivity index (χ4n) is 2.81. The smallest absolute Gasteiger partial charge is 0.234 e. The van der Waals surface area contributed by atoms with Crippen LogP contribution in [0.25, 0.3) is 11.1 Å². The first-order valence-electron chi connectivity index (χ1n) is 7.34. The minimum Gasteiger partial charge on any atom is -0.325 e. The Morgan fingerprint density at radius 2 is 1.86 bits per heavy atom. The largest absolute Gasteiger partial charge is 0.325 e. The molecule has 0 atom stereocenters. The second-order valence-electron chi connectivity index (χ2n) is 6.44. The van der Waals surface area contributed by atoms with Crippen LogP contribution < -0.4 is 5.32 Å². The first-order valence-corrected chi connectivity index (χ1v) is 7.34. The highest BCUT2D eigenvalue weighted by atomic mass is 16.2. The number of rotatable bonds is 2. The highest BCUT2D eigenvalue weighted by Gasteiger charge is 2.38. The van der Waals surface area contributed by atoms with Crippen molar-refractivity contribution in [3.63, 3.8) is 0 Å². The maximum absolute atomic E-state index is 12.0. The lowest BCUT2D eigenvalue weighted by Crippen LogP contribution is -2.26. The van der Waals surface area contributed by atoms with Crippen molar-refractivity contribution in [1.29, 1.82) is 0 Å². The lowest BCUT2D eigenvalue weighted by molar-refractivity contribution is -0.119. The number of hydrogen-bond donors (Lipinski definition) is 1. The average molecular weight is 279 g/mol. The molecule has 0 spiro atoms. The molecule has 4 rings (SSSR count). The Kier molecular flexibility index (Phi) is 2.46. The van der Waals surface area contributed by atoms with Gasteiger partial charge < -0.3 is 5.32 Å². The van der Waals surface area contributed by atoms with Gasteiger partial charge >= 0.3 is 0 Å². The number of benzene rings is 1. The molecular formula is C17H17N3O. The minimum absolute atomic E-state index is 0.0509. The van der Waals surface area contributed by atoms with Crippen LogP contribution in [0, 0.1) is 0 Å². The van der Waals surface area contributed by atoms with E-state index in [4.69, 9.17) is 0 Å². The summed E-state index contributed by atoms with van der Waals surface area (Å²) in [6, 6.07) is 6.07. The van der Waals surface area contributed by atoms with Crippen molar-refractivity contribution in [2.45, 2.75) is 38.0 Å². The number of hydrogen-bond acceptors (Lipinski definition) is 3. The predicted molar refractivity (Wildman–Crippen MR) is 81.1 cm³/mol. The monoisotopic (exact) mass is 279 g/mol.